The van der Waals surface area contributed by atoms with Gasteiger partial charge in [-0.25, -0.2) is 4.98 Å². The number of fused-ring (bicyclic) bond motifs is 2. The number of carbonyl (C=O) groups is 2. The molecule has 1 saturated heterocycles. The van der Waals surface area contributed by atoms with Crippen LogP contribution in [0.1, 0.15) is 31.2 Å². The molecule has 2 aliphatic rings. The third-order valence-electron chi connectivity index (χ3n) is 5.40. The standard InChI is InChI=1S/C18H22N4O3S/c1-11-10-26-16-15(11)18(25)22-9-8-20(7-5-13(22)19-16)17(24)12(2)21-6-3-4-14(21)23/h10,12H,3-9H2,1-2H3/t12-/m1/s1. The number of rotatable bonds is 2. The van der Waals surface area contributed by atoms with Crippen LogP contribution in [0.25, 0.3) is 10.2 Å². The lowest BCUT2D eigenvalue weighted by Crippen LogP contribution is -2.48. The highest BCUT2D eigenvalue weighted by Crippen LogP contribution is 2.22. The minimum Gasteiger partial charge on any atom is -0.339 e. The molecule has 2 aliphatic heterocycles. The van der Waals surface area contributed by atoms with Gasteiger partial charge in [-0.2, -0.15) is 0 Å². The maximum absolute atomic E-state index is 12.9. The quantitative estimate of drug-likeness (QED) is 0.791. The van der Waals surface area contributed by atoms with Gasteiger partial charge in [0, 0.05) is 39.0 Å². The van der Waals surface area contributed by atoms with Crippen molar-refractivity contribution in [2.24, 2.45) is 0 Å². The van der Waals surface area contributed by atoms with E-state index >= 15 is 0 Å². The lowest BCUT2D eigenvalue weighted by atomic mass is 10.2. The molecular formula is C18H22N4O3S. The van der Waals surface area contributed by atoms with Crippen LogP contribution in [-0.4, -0.2) is 56.8 Å². The van der Waals surface area contributed by atoms with Crippen LogP contribution < -0.4 is 5.56 Å². The van der Waals surface area contributed by atoms with Gasteiger partial charge in [-0.15, -0.1) is 11.3 Å². The van der Waals surface area contributed by atoms with Gasteiger partial charge in [0.05, 0.1) is 5.39 Å². The molecule has 7 nitrogen and oxygen atoms in total. The normalized spacial score (nSPS) is 18.9. The van der Waals surface area contributed by atoms with Crippen LogP contribution in [0.2, 0.25) is 0 Å². The first-order valence-electron chi connectivity index (χ1n) is 9.03. The molecule has 4 rings (SSSR count). The van der Waals surface area contributed by atoms with Gasteiger partial charge < -0.3 is 9.80 Å². The van der Waals surface area contributed by atoms with Crippen LogP contribution in [0.4, 0.5) is 0 Å². The van der Waals surface area contributed by atoms with Gasteiger partial charge in [-0.3, -0.25) is 19.0 Å². The summed E-state index contributed by atoms with van der Waals surface area (Å²) in [6.07, 6.45) is 1.89. The van der Waals surface area contributed by atoms with Crippen molar-refractivity contribution < 1.29 is 9.59 Å². The summed E-state index contributed by atoms with van der Waals surface area (Å²) in [5, 5.41) is 2.65. The summed E-state index contributed by atoms with van der Waals surface area (Å²) in [5.74, 6) is 0.751. The Balaban J connectivity index is 1.57. The maximum Gasteiger partial charge on any atom is 0.262 e. The van der Waals surface area contributed by atoms with Crippen molar-refractivity contribution in [1.29, 1.82) is 0 Å². The summed E-state index contributed by atoms with van der Waals surface area (Å²) in [7, 11) is 0. The van der Waals surface area contributed by atoms with Crippen molar-refractivity contribution >= 4 is 33.4 Å². The van der Waals surface area contributed by atoms with E-state index in [0.717, 1.165) is 22.6 Å². The van der Waals surface area contributed by atoms with Gasteiger partial charge in [-0.1, -0.05) is 0 Å². The summed E-state index contributed by atoms with van der Waals surface area (Å²) < 4.78 is 1.71. The van der Waals surface area contributed by atoms with Crippen molar-refractivity contribution in [2.75, 3.05) is 19.6 Å². The second-order valence-electron chi connectivity index (χ2n) is 7.03. The highest BCUT2D eigenvalue weighted by atomic mass is 32.1. The maximum atomic E-state index is 12.9. The average molecular weight is 374 g/mol. The molecule has 0 aromatic carbocycles. The van der Waals surface area contributed by atoms with E-state index in [2.05, 4.69) is 4.98 Å². The van der Waals surface area contributed by atoms with E-state index in [4.69, 9.17) is 0 Å². The molecular weight excluding hydrogens is 352 g/mol. The molecule has 0 bridgehead atoms. The number of hydrogen-bond donors (Lipinski definition) is 0. The summed E-state index contributed by atoms with van der Waals surface area (Å²) in [6, 6.07) is -0.443. The van der Waals surface area contributed by atoms with Crippen LogP contribution in [-0.2, 0) is 22.6 Å². The lowest BCUT2D eigenvalue weighted by Gasteiger charge is -2.29. The van der Waals surface area contributed by atoms with Crippen molar-refractivity contribution in [3.8, 4) is 0 Å². The molecule has 0 saturated carbocycles. The summed E-state index contributed by atoms with van der Waals surface area (Å²) in [6.45, 7) is 5.81. The molecule has 1 atom stereocenters. The number of hydrogen-bond acceptors (Lipinski definition) is 5. The Morgan fingerprint density at radius 1 is 1.19 bits per heavy atom. The Morgan fingerprint density at radius 3 is 2.73 bits per heavy atom. The molecule has 2 aromatic rings. The molecule has 1 fully saturated rings. The van der Waals surface area contributed by atoms with Gasteiger partial charge in [0.2, 0.25) is 11.8 Å². The number of aryl methyl sites for hydroxylation is 1. The van der Waals surface area contributed by atoms with Crippen molar-refractivity contribution in [2.45, 2.75) is 45.7 Å². The zero-order valence-electron chi connectivity index (χ0n) is 15.0. The molecule has 4 heterocycles. The van der Waals surface area contributed by atoms with Gasteiger partial charge in [0.1, 0.15) is 16.7 Å². The third-order valence-corrected chi connectivity index (χ3v) is 6.39. The van der Waals surface area contributed by atoms with Crippen LogP contribution in [0.3, 0.4) is 0 Å². The second kappa shape index (κ2) is 6.50. The van der Waals surface area contributed by atoms with Crippen LogP contribution in [0.5, 0.6) is 0 Å². The Bertz CT molecular complexity index is 948. The molecule has 0 N–H and O–H groups in total. The highest BCUT2D eigenvalue weighted by molar-refractivity contribution is 7.16. The van der Waals surface area contributed by atoms with E-state index in [1.54, 1.807) is 21.3 Å². The van der Waals surface area contributed by atoms with Gasteiger partial charge in [0.25, 0.3) is 5.56 Å². The lowest BCUT2D eigenvalue weighted by molar-refractivity contribution is -0.142. The van der Waals surface area contributed by atoms with E-state index in [0.29, 0.717) is 44.4 Å². The van der Waals surface area contributed by atoms with Crippen LogP contribution >= 0.6 is 11.3 Å². The number of nitrogens with zero attached hydrogens (tertiary/aromatic N) is 4. The largest absolute Gasteiger partial charge is 0.339 e. The third kappa shape index (κ3) is 2.72. The average Bonchev–Trinajstić information content (AvgIpc) is 3.14. The minimum atomic E-state index is -0.443. The van der Waals surface area contributed by atoms with Gasteiger partial charge in [-0.05, 0) is 31.2 Å². The molecule has 2 amide bonds. The molecule has 138 valence electrons. The zero-order valence-corrected chi connectivity index (χ0v) is 15.8. The molecule has 2 aromatic heterocycles. The monoisotopic (exact) mass is 374 g/mol. The predicted molar refractivity (Wildman–Crippen MR) is 99.3 cm³/mol. The Morgan fingerprint density at radius 2 is 2.00 bits per heavy atom. The van der Waals surface area contributed by atoms with Gasteiger partial charge in [0.15, 0.2) is 0 Å². The van der Waals surface area contributed by atoms with Crippen molar-refractivity contribution in [3.05, 3.63) is 27.1 Å². The fraction of sp³-hybridized carbons (Fsp3) is 0.556. The van der Waals surface area contributed by atoms with Crippen LogP contribution in [0, 0.1) is 6.92 Å². The molecule has 0 unspecified atom stereocenters. The number of aromatic nitrogens is 2. The topological polar surface area (TPSA) is 75.5 Å². The minimum absolute atomic E-state index is 0.0131. The summed E-state index contributed by atoms with van der Waals surface area (Å²) >= 11 is 1.49. The molecule has 0 spiro atoms. The number of amides is 2. The predicted octanol–water partition coefficient (Wildman–Crippen LogP) is 1.16. The van der Waals surface area contributed by atoms with E-state index in [1.165, 1.54) is 11.3 Å². The second-order valence-corrected chi connectivity index (χ2v) is 7.88. The number of carbonyl (C=O) groups excluding carboxylic acids is 2. The highest BCUT2D eigenvalue weighted by Gasteiger charge is 2.32. The SMILES string of the molecule is Cc1csc2nc3n(c(=O)c12)CCN(C(=O)[C@@H](C)N1CCCC1=O)CC3. The van der Waals surface area contributed by atoms with E-state index in [1.807, 2.05) is 12.3 Å². The summed E-state index contributed by atoms with van der Waals surface area (Å²) in [4.78, 5) is 46.5. The van der Waals surface area contributed by atoms with Crippen molar-refractivity contribution in [3.63, 3.8) is 0 Å². The van der Waals surface area contributed by atoms with Crippen molar-refractivity contribution in [1.82, 2.24) is 19.4 Å². The van der Waals surface area contributed by atoms with Gasteiger partial charge >= 0.3 is 0 Å². The number of likely N-dealkylation sites (tertiary alicyclic amines) is 1. The Labute approximate surface area is 155 Å². The molecule has 26 heavy (non-hydrogen) atoms. The Hall–Kier alpha value is -2.22. The molecule has 8 heteroatoms. The van der Waals surface area contributed by atoms with E-state index in [-0.39, 0.29) is 17.4 Å². The molecule has 0 radical (unpaired) electrons. The smallest absolute Gasteiger partial charge is 0.262 e. The Kier molecular flexibility index (Phi) is 4.30. The fourth-order valence-electron chi connectivity index (χ4n) is 3.89. The summed E-state index contributed by atoms with van der Waals surface area (Å²) in [5.41, 5.74) is 0.942. The fourth-order valence-corrected chi connectivity index (χ4v) is 4.82. The van der Waals surface area contributed by atoms with Crippen LogP contribution in [0.15, 0.2) is 10.2 Å². The first-order chi connectivity index (χ1) is 12.5. The van der Waals surface area contributed by atoms with E-state index < -0.39 is 6.04 Å². The number of thiophene rings is 1. The molecule has 0 aliphatic carbocycles. The first-order valence-corrected chi connectivity index (χ1v) is 9.91. The van der Waals surface area contributed by atoms with E-state index in [9.17, 15) is 14.4 Å². The zero-order chi connectivity index (χ0) is 18.4. The first kappa shape index (κ1) is 17.2.